The summed E-state index contributed by atoms with van der Waals surface area (Å²) in [5, 5.41) is 30.5. The van der Waals surface area contributed by atoms with Crippen molar-refractivity contribution in [3.05, 3.63) is 193 Å². The summed E-state index contributed by atoms with van der Waals surface area (Å²) in [5.41, 5.74) is 11.4. The maximum atomic E-state index is 16.9. The molecule has 0 unspecified atom stereocenters. The molecule has 4 N–H and O–H groups in total. The van der Waals surface area contributed by atoms with Crippen LogP contribution >= 0.6 is 0 Å². The number of nitrogens with zero attached hydrogens (tertiary/aromatic N) is 2. The van der Waals surface area contributed by atoms with Crippen molar-refractivity contribution in [2.45, 2.75) is 211 Å². The van der Waals surface area contributed by atoms with Crippen LogP contribution in [0.25, 0.3) is 77.2 Å². The fourth-order valence-electron chi connectivity index (χ4n) is 14.6. The van der Waals surface area contributed by atoms with Gasteiger partial charge in [-0.3, -0.25) is 0 Å². The fourth-order valence-corrected chi connectivity index (χ4v) is 14.6. The monoisotopic (exact) mass is 1380 g/mol. The van der Waals surface area contributed by atoms with E-state index in [1.165, 1.54) is 18.2 Å². The Labute approximate surface area is 592 Å². The number of phenolic OH excluding ortho intramolecular Hbond substituents is 2. The summed E-state index contributed by atoms with van der Waals surface area (Å²) in [6, 6.07) is 39.6. The zero-order chi connectivity index (χ0) is 68.4. The third kappa shape index (κ3) is 15.4. The third-order valence-electron chi connectivity index (χ3n) is 18.9. The Hall–Kier alpha value is -6.77. The van der Waals surface area contributed by atoms with Gasteiger partial charge in [0, 0.05) is 70.5 Å². The first kappa shape index (κ1) is 76.6. The summed E-state index contributed by atoms with van der Waals surface area (Å²) in [5.74, 6) is -1.78. The number of hydrogen-bond donors (Lipinski definition) is 2. The topological polar surface area (TPSA) is 75.9 Å². The molecule has 10 rings (SSSR count). The predicted molar refractivity (Wildman–Crippen MR) is 400 cm³/mol. The predicted octanol–water partition coefficient (Wildman–Crippen LogP) is 24.4. The van der Waals surface area contributed by atoms with Crippen molar-refractivity contribution < 1.29 is 59.1 Å². The second-order valence-corrected chi connectivity index (χ2v) is 34.6. The summed E-state index contributed by atoms with van der Waals surface area (Å²) in [6.45, 7) is 50.7. The van der Waals surface area contributed by atoms with Crippen LogP contribution in [0.5, 0.6) is 23.0 Å². The zero-order valence-electron chi connectivity index (χ0n) is 62.4. The number of aromatic nitrogens is 2. The van der Waals surface area contributed by atoms with E-state index in [1.807, 2.05) is 19.1 Å². The molecule has 0 spiro atoms. The van der Waals surface area contributed by atoms with E-state index in [2.05, 4.69) is 246 Å². The molecule has 0 radical (unpaired) electrons. The van der Waals surface area contributed by atoms with Crippen LogP contribution in [0.1, 0.15) is 211 Å². The molecule has 0 bridgehead atoms. The van der Waals surface area contributed by atoms with Crippen molar-refractivity contribution >= 4 is 43.6 Å². The molecule has 0 saturated heterocycles. The van der Waals surface area contributed by atoms with Gasteiger partial charge in [0.05, 0.1) is 44.6 Å². The first-order chi connectivity index (χ1) is 42.8. The molecule has 2 heterocycles. The quantitative estimate of drug-likeness (QED) is 0.0647. The van der Waals surface area contributed by atoms with Gasteiger partial charge in [-0.05, 0) is 163 Å². The van der Waals surface area contributed by atoms with E-state index in [0.29, 0.717) is 40.2 Å². The molecule has 8 aromatic carbocycles. The van der Waals surface area contributed by atoms with Crippen LogP contribution in [-0.4, -0.2) is 42.0 Å². The van der Waals surface area contributed by atoms with E-state index in [0.717, 1.165) is 95.9 Å². The zero-order valence-corrected chi connectivity index (χ0v) is 64.9. The Morgan fingerprint density at radius 2 is 0.667 bits per heavy atom. The Morgan fingerprint density at radius 3 is 0.979 bits per heavy atom. The summed E-state index contributed by atoms with van der Waals surface area (Å²) in [6.07, 6.45) is 1.92. The van der Waals surface area contributed by atoms with Crippen molar-refractivity contribution in [1.29, 1.82) is 0 Å². The van der Waals surface area contributed by atoms with Gasteiger partial charge in [-0.15, -0.1) is 0 Å². The minimum absolute atomic E-state index is 0. The maximum Gasteiger partial charge on any atom is 0.299 e. The summed E-state index contributed by atoms with van der Waals surface area (Å²) in [4.78, 5) is 0. The third-order valence-corrected chi connectivity index (χ3v) is 18.9. The summed E-state index contributed by atoms with van der Waals surface area (Å²) in [7, 11) is 0. The number of halogens is 3. The van der Waals surface area contributed by atoms with Gasteiger partial charge in [0.25, 0.3) is 11.5 Å². The largest absolute Gasteiger partial charge is 0.582 e. The number of benzene rings is 8. The molecule has 0 saturated carbocycles. The number of ether oxygens (including phenoxy) is 2. The molecule has 0 amide bonds. The van der Waals surface area contributed by atoms with E-state index in [1.54, 1.807) is 0 Å². The van der Waals surface area contributed by atoms with Crippen LogP contribution in [0.4, 0.5) is 13.2 Å². The van der Waals surface area contributed by atoms with Crippen molar-refractivity contribution in [2.24, 2.45) is 10.8 Å². The van der Waals surface area contributed by atoms with Crippen LogP contribution in [0.2, 0.25) is 0 Å². The number of aryl methyl sites for hydroxylation is 1. The molecule has 0 aliphatic rings. The van der Waals surface area contributed by atoms with Crippen LogP contribution in [0.3, 0.4) is 0 Å². The molecule has 10 aromatic rings. The Balaban J connectivity index is 0.00000433. The average Bonchev–Trinajstić information content (AvgIpc) is 1.52. The molecule has 96 heavy (non-hydrogen) atoms. The number of fused-ring (bicyclic) bond motifs is 6. The molecule has 2 aromatic heterocycles. The first-order valence-electron chi connectivity index (χ1n) is 33.4. The molecule has 6 nitrogen and oxygen atoms in total. The van der Waals surface area contributed by atoms with Gasteiger partial charge in [-0.25, -0.2) is 8.78 Å². The number of aromatic hydroxyl groups is 4. The second-order valence-electron chi connectivity index (χ2n) is 34.6. The van der Waals surface area contributed by atoms with E-state index in [-0.39, 0.29) is 115 Å². The van der Waals surface area contributed by atoms with E-state index >= 15 is 13.2 Å². The molecule has 0 aliphatic heterocycles. The molecule has 512 valence electrons. The second kappa shape index (κ2) is 26.8. The minimum Gasteiger partial charge on any atom is -0.582 e. The van der Waals surface area contributed by atoms with Crippen LogP contribution < -0.4 is 0 Å². The number of hydrogen-bond acceptors (Lipinski definition) is 2. The van der Waals surface area contributed by atoms with Crippen molar-refractivity contribution in [2.75, 3.05) is 13.2 Å². The molecule has 0 fully saturated rings. The molecule has 0 atom stereocenters. The van der Waals surface area contributed by atoms with Crippen LogP contribution in [-0.2, 0) is 58.7 Å². The average molecular weight is 1380 g/mol. The normalized spacial score (nSPS) is 12.9. The Bertz CT molecular complexity index is 4120. The molecule has 0 aliphatic carbocycles. The smallest absolute Gasteiger partial charge is 0.299 e. The van der Waals surface area contributed by atoms with Gasteiger partial charge in [-0.2, -0.15) is 4.39 Å². The number of rotatable bonds is 14. The van der Waals surface area contributed by atoms with Crippen molar-refractivity contribution in [3.63, 3.8) is 0 Å². The Morgan fingerprint density at radius 1 is 0.365 bits per heavy atom. The summed E-state index contributed by atoms with van der Waals surface area (Å²) < 4.78 is 63.7. The summed E-state index contributed by atoms with van der Waals surface area (Å²) >= 11 is 0. The standard InChI is InChI=1S/C84H101F3N2O4.2CH3.Zr/c1-49-35-56(85)44-64(62-36-54(83(20,21)47-77(2,3)4)42-71(73(62)90)88-67-38-50(79(8,9)10)25-29-58(67)59-30-26-51(39-68(59)88)80(11,12)13)75(49)92-33-24-34-93-76-65(45-57(86)46-66(76)87)63-37-55(84(22,23)48-78(5,6)7)43-72(74(63)91)89-69-40-52(81(14,15)16)27-31-60(69)61-32-28-53(41-70(61)89)82(17,18)19;;;/h25-32,35-46,90-91H,24,33-34,47-48H2,1-23H3;2*1H3;/q;2*-1;/p+2. The van der Waals surface area contributed by atoms with Crippen LogP contribution in [0.15, 0.2) is 121 Å². The van der Waals surface area contributed by atoms with Gasteiger partial charge >= 0.3 is 0 Å². The van der Waals surface area contributed by atoms with E-state index in [4.69, 9.17) is 9.47 Å². The SMILES string of the molecule is Cc1cc(F)cc(-c2cc(C(C)(C)CC(C)(C)C)cc(-n3c4cc(C(C)(C)C)ccc4c4ccc(C(C)(C)C)cc43)c2O)c1[OH+]CCC[OH+]c1c(F)cc(F)cc1-c1cc(C(C)(C)CC(C)(C)C)cc(-n2c3cc(C(C)(C)C)ccc3c3ccc(C(C)(C)C)cc32)c1O.[CH3-].[CH3-].[Zr]. The van der Waals surface area contributed by atoms with Gasteiger partial charge in [-0.1, -0.05) is 201 Å². The molecular formula is C86H109F3N2O4Zr. The van der Waals surface area contributed by atoms with Gasteiger partial charge in [0.1, 0.15) is 29.6 Å². The maximum absolute atomic E-state index is 16.9. The minimum atomic E-state index is -0.853. The van der Waals surface area contributed by atoms with Crippen molar-refractivity contribution in [1.82, 2.24) is 9.13 Å². The van der Waals surface area contributed by atoms with E-state index in [9.17, 15) is 10.2 Å². The van der Waals surface area contributed by atoms with Gasteiger partial charge in [0.15, 0.2) is 13.2 Å². The van der Waals surface area contributed by atoms with Crippen LogP contribution in [0, 0.1) is 50.1 Å². The Kier molecular flexibility index (Phi) is 21.4. The molecular weight excluding hydrogens is 1270 g/mol. The number of aliphatic hydroxyl groups is 2. The fraction of sp³-hybridized carbons (Fsp3) is 0.419. The first-order valence-corrected chi connectivity index (χ1v) is 33.4. The van der Waals surface area contributed by atoms with Crippen molar-refractivity contribution in [3.8, 4) is 56.6 Å². The van der Waals surface area contributed by atoms with E-state index < -0.39 is 28.3 Å². The van der Waals surface area contributed by atoms with Gasteiger partial charge < -0.3 is 43.7 Å². The molecule has 10 heteroatoms. The number of phenols is 2. The van der Waals surface area contributed by atoms with Gasteiger partial charge in [0.2, 0.25) is 5.82 Å².